The maximum absolute atomic E-state index is 11.1. The Labute approximate surface area is 295 Å². The van der Waals surface area contributed by atoms with Gasteiger partial charge < -0.3 is 29.9 Å². The van der Waals surface area contributed by atoms with Crippen LogP contribution in [0.4, 0.5) is 0 Å². The van der Waals surface area contributed by atoms with Crippen molar-refractivity contribution < 1.29 is 29.9 Å². The number of phenols is 5. The van der Waals surface area contributed by atoms with Gasteiger partial charge in [0.2, 0.25) is 17.2 Å². The van der Waals surface area contributed by atoms with Gasteiger partial charge in [0.1, 0.15) is 11.2 Å². The third kappa shape index (κ3) is 4.00. The van der Waals surface area contributed by atoms with Crippen molar-refractivity contribution in [3.63, 3.8) is 0 Å². The van der Waals surface area contributed by atoms with Gasteiger partial charge in [-0.15, -0.1) is 0 Å². The molecule has 0 saturated heterocycles. The Hall–Kier alpha value is -7.18. The van der Waals surface area contributed by atoms with Crippen LogP contribution in [0.15, 0.2) is 144 Å². The lowest BCUT2D eigenvalue weighted by molar-refractivity contribution is 0.330. The molecule has 0 aliphatic rings. The van der Waals surface area contributed by atoms with E-state index in [1.54, 1.807) is 0 Å². The maximum Gasteiger partial charge on any atom is 0.208 e. The van der Waals surface area contributed by atoms with Crippen molar-refractivity contribution in [3.8, 4) is 62.1 Å². The quantitative estimate of drug-likeness (QED) is 0.0723. The van der Waals surface area contributed by atoms with Gasteiger partial charge >= 0.3 is 0 Å². The summed E-state index contributed by atoms with van der Waals surface area (Å²) in [7, 11) is 0. The van der Waals surface area contributed by atoms with Crippen molar-refractivity contribution in [2.75, 3.05) is 0 Å². The second-order valence-electron chi connectivity index (χ2n) is 13.1. The van der Waals surface area contributed by atoms with Crippen LogP contribution in [0.5, 0.6) is 28.7 Å². The van der Waals surface area contributed by atoms with Gasteiger partial charge in [0.25, 0.3) is 0 Å². The van der Waals surface area contributed by atoms with E-state index < -0.39 is 28.7 Å². The first kappa shape index (κ1) is 29.7. The molecule has 5 N–H and O–H groups in total. The molecule has 1 aromatic heterocycles. The summed E-state index contributed by atoms with van der Waals surface area (Å²) in [5.41, 5.74) is 5.95. The molecule has 6 nitrogen and oxygen atoms in total. The van der Waals surface area contributed by atoms with Crippen molar-refractivity contribution in [2.45, 2.75) is 0 Å². The van der Waals surface area contributed by atoms with Crippen LogP contribution in [-0.2, 0) is 0 Å². The summed E-state index contributed by atoms with van der Waals surface area (Å²) < 4.78 is 6.43. The zero-order valence-electron chi connectivity index (χ0n) is 27.4. The Balaban J connectivity index is 1.30. The first-order valence-corrected chi connectivity index (χ1v) is 16.9. The maximum atomic E-state index is 11.1. The number of hydrogen-bond donors (Lipinski definition) is 5. The van der Waals surface area contributed by atoms with Gasteiger partial charge in [-0.2, -0.15) is 0 Å². The second-order valence-corrected chi connectivity index (χ2v) is 13.1. The molecule has 0 radical (unpaired) electrons. The summed E-state index contributed by atoms with van der Waals surface area (Å²) in [6.45, 7) is 0. The fourth-order valence-electron chi connectivity index (χ4n) is 8.17. The summed E-state index contributed by atoms with van der Waals surface area (Å²) in [6, 6.07) is 46.7. The highest BCUT2D eigenvalue weighted by Crippen LogP contribution is 2.58. The molecule has 0 bridgehead atoms. The summed E-state index contributed by atoms with van der Waals surface area (Å²) >= 11 is 0. The third-order valence-corrected chi connectivity index (χ3v) is 10.4. The van der Waals surface area contributed by atoms with Gasteiger partial charge in [0, 0.05) is 16.3 Å². The van der Waals surface area contributed by atoms with E-state index in [1.807, 2.05) is 84.9 Å². The monoisotopic (exact) mass is 676 g/mol. The number of phenolic OH excluding ortho intramolecular Hbond substituents is 5. The normalized spacial score (nSPS) is 11.8. The average molecular weight is 677 g/mol. The van der Waals surface area contributed by atoms with Crippen LogP contribution >= 0.6 is 0 Å². The first-order chi connectivity index (χ1) is 25.4. The first-order valence-electron chi connectivity index (χ1n) is 16.9. The van der Waals surface area contributed by atoms with Gasteiger partial charge in [0.15, 0.2) is 11.5 Å². The Morgan fingerprint density at radius 2 is 0.769 bits per heavy atom. The van der Waals surface area contributed by atoms with E-state index in [9.17, 15) is 25.5 Å². The fraction of sp³-hybridized carbons (Fsp3) is 0. The molecule has 0 saturated carbocycles. The van der Waals surface area contributed by atoms with E-state index in [4.69, 9.17) is 4.42 Å². The van der Waals surface area contributed by atoms with Gasteiger partial charge in [-0.1, -0.05) is 127 Å². The van der Waals surface area contributed by atoms with E-state index in [1.165, 1.54) is 0 Å². The zero-order chi connectivity index (χ0) is 35.2. The number of rotatable bonds is 3. The number of aromatic hydroxyl groups is 5. The molecule has 0 aliphatic heterocycles. The summed E-state index contributed by atoms with van der Waals surface area (Å²) in [5, 5.41) is 63.0. The van der Waals surface area contributed by atoms with E-state index in [0.29, 0.717) is 16.3 Å². The Bertz CT molecular complexity index is 3050. The Kier molecular flexibility index (Phi) is 6.23. The third-order valence-electron chi connectivity index (χ3n) is 10.4. The number of fused-ring (bicyclic) bond motifs is 8. The molecule has 0 fully saturated rings. The lowest BCUT2D eigenvalue weighted by atomic mass is 9.83. The molecule has 0 atom stereocenters. The van der Waals surface area contributed by atoms with Gasteiger partial charge in [0.05, 0.1) is 5.56 Å². The van der Waals surface area contributed by atoms with E-state index in [-0.39, 0.29) is 5.56 Å². The lowest BCUT2D eigenvalue weighted by Gasteiger charge is -2.21. The van der Waals surface area contributed by atoms with Crippen LogP contribution in [0.1, 0.15) is 0 Å². The molecular formula is C46H28O6. The zero-order valence-corrected chi connectivity index (χ0v) is 27.4. The van der Waals surface area contributed by atoms with Crippen LogP contribution in [-0.4, -0.2) is 25.5 Å². The van der Waals surface area contributed by atoms with Crippen molar-refractivity contribution in [3.05, 3.63) is 140 Å². The molecule has 10 aromatic rings. The molecule has 6 heteroatoms. The predicted molar refractivity (Wildman–Crippen MR) is 208 cm³/mol. The van der Waals surface area contributed by atoms with Crippen molar-refractivity contribution >= 4 is 65.0 Å². The standard InChI is InChI=1S/C46H28O6/c47-42-41(43(48)45(50)46(51)44(42)49)38-32-16-7-5-14-30(32)37(31-15-6-8-17-33(31)38)34-22-21-28(26-12-3-4-13-27(26)34)29-18-9-19-35-40(29)39-25-11-2-1-10-24(25)20-23-36(39)52-35/h1-23,47-51H. The predicted octanol–water partition coefficient (Wildman–Crippen LogP) is 11.7. The van der Waals surface area contributed by atoms with Crippen LogP contribution in [0, 0.1) is 0 Å². The number of furan rings is 1. The second kappa shape index (κ2) is 10.9. The molecule has 0 aliphatic carbocycles. The topological polar surface area (TPSA) is 114 Å². The molecule has 0 amide bonds. The summed E-state index contributed by atoms with van der Waals surface area (Å²) in [5.74, 6) is -4.31. The van der Waals surface area contributed by atoms with E-state index in [2.05, 4.69) is 54.6 Å². The molecule has 52 heavy (non-hydrogen) atoms. The minimum atomic E-state index is -0.997. The lowest BCUT2D eigenvalue weighted by Crippen LogP contribution is -1.93. The summed E-state index contributed by atoms with van der Waals surface area (Å²) in [6.07, 6.45) is 0. The molecular weight excluding hydrogens is 649 g/mol. The van der Waals surface area contributed by atoms with Crippen LogP contribution in [0.3, 0.4) is 0 Å². The van der Waals surface area contributed by atoms with Crippen LogP contribution in [0.25, 0.3) is 98.4 Å². The van der Waals surface area contributed by atoms with Gasteiger partial charge in [-0.25, -0.2) is 0 Å². The van der Waals surface area contributed by atoms with E-state index >= 15 is 0 Å². The van der Waals surface area contributed by atoms with Crippen LogP contribution in [0.2, 0.25) is 0 Å². The highest BCUT2D eigenvalue weighted by atomic mass is 16.4. The Morgan fingerprint density at radius 3 is 1.40 bits per heavy atom. The van der Waals surface area contributed by atoms with Crippen molar-refractivity contribution in [1.29, 1.82) is 0 Å². The van der Waals surface area contributed by atoms with E-state index in [0.717, 1.165) is 76.5 Å². The summed E-state index contributed by atoms with van der Waals surface area (Å²) in [4.78, 5) is 0. The number of benzene rings is 9. The van der Waals surface area contributed by atoms with Crippen LogP contribution < -0.4 is 0 Å². The number of hydrogen-bond acceptors (Lipinski definition) is 6. The van der Waals surface area contributed by atoms with Gasteiger partial charge in [-0.3, -0.25) is 0 Å². The highest BCUT2D eigenvalue weighted by molar-refractivity contribution is 6.27. The Morgan fingerprint density at radius 1 is 0.288 bits per heavy atom. The molecule has 9 aromatic carbocycles. The smallest absolute Gasteiger partial charge is 0.208 e. The molecule has 1 heterocycles. The molecule has 0 spiro atoms. The van der Waals surface area contributed by atoms with Crippen molar-refractivity contribution in [1.82, 2.24) is 0 Å². The minimum absolute atomic E-state index is 0.181. The largest absolute Gasteiger partial charge is 0.504 e. The highest BCUT2D eigenvalue weighted by Gasteiger charge is 2.28. The molecule has 10 rings (SSSR count). The van der Waals surface area contributed by atoms with Gasteiger partial charge in [-0.05, 0) is 77.5 Å². The average Bonchev–Trinajstić information content (AvgIpc) is 3.59. The SMILES string of the molecule is Oc1c(O)c(O)c(-c2c3ccccc3c(-c3ccc(-c4cccc5oc6ccc7ccccc7c6c45)c4ccccc34)c3ccccc23)c(O)c1O. The fourth-order valence-corrected chi connectivity index (χ4v) is 8.17. The molecule has 0 unspecified atom stereocenters. The minimum Gasteiger partial charge on any atom is -0.504 e. The van der Waals surface area contributed by atoms with Crippen molar-refractivity contribution in [2.24, 2.45) is 0 Å². The molecule has 248 valence electrons.